The van der Waals surface area contributed by atoms with Crippen molar-refractivity contribution in [2.24, 2.45) is 0 Å². The molecule has 0 unspecified atom stereocenters. The van der Waals surface area contributed by atoms with Crippen LogP contribution in [0.4, 0.5) is 4.39 Å². The zero-order valence-corrected chi connectivity index (χ0v) is 7.31. The first kappa shape index (κ1) is 9.18. The highest BCUT2D eigenvalue weighted by atomic mass is 19.1. The lowest BCUT2D eigenvalue weighted by atomic mass is 9.77. The van der Waals surface area contributed by atoms with Crippen LogP contribution in [0.5, 0.6) is 0 Å². The molecule has 2 aromatic rings. The number of fused-ring (bicyclic) bond motifs is 1. The fraction of sp³-hybridized carbons (Fsp3) is 0. The fourth-order valence-corrected chi connectivity index (χ4v) is 1.54. The van der Waals surface area contributed by atoms with Gasteiger partial charge in [0.25, 0.3) is 0 Å². The van der Waals surface area contributed by atoms with Crippen LogP contribution in [0.1, 0.15) is 0 Å². The number of benzene rings is 2. The van der Waals surface area contributed by atoms with Crippen molar-refractivity contribution in [2.75, 3.05) is 0 Å². The van der Waals surface area contributed by atoms with Gasteiger partial charge in [-0.25, -0.2) is 4.39 Å². The van der Waals surface area contributed by atoms with Crippen LogP contribution in [-0.4, -0.2) is 17.2 Å². The molecule has 2 N–H and O–H groups in total. The number of hydrogen-bond acceptors (Lipinski definition) is 2. The third-order valence-electron chi connectivity index (χ3n) is 2.16. The van der Waals surface area contributed by atoms with Gasteiger partial charge < -0.3 is 10.0 Å². The summed E-state index contributed by atoms with van der Waals surface area (Å²) < 4.78 is 13.4. The molecule has 0 heterocycles. The molecule has 14 heavy (non-hydrogen) atoms. The summed E-state index contributed by atoms with van der Waals surface area (Å²) in [6.07, 6.45) is 0. The maximum Gasteiger partial charge on any atom is 0.489 e. The highest BCUT2D eigenvalue weighted by Crippen LogP contribution is 2.15. The third-order valence-corrected chi connectivity index (χ3v) is 2.16. The molecule has 0 saturated carbocycles. The van der Waals surface area contributed by atoms with Crippen molar-refractivity contribution >= 4 is 23.4 Å². The molecule has 0 fully saturated rings. The Morgan fingerprint density at radius 1 is 1.00 bits per heavy atom. The predicted molar refractivity (Wildman–Crippen MR) is 53.7 cm³/mol. The van der Waals surface area contributed by atoms with E-state index in [1.54, 1.807) is 24.3 Å². The number of hydrogen-bond donors (Lipinski definition) is 2. The van der Waals surface area contributed by atoms with Crippen molar-refractivity contribution in [1.29, 1.82) is 0 Å². The Kier molecular flexibility index (Phi) is 2.23. The Balaban J connectivity index is 2.84. The molecule has 0 spiro atoms. The van der Waals surface area contributed by atoms with Crippen molar-refractivity contribution in [3.63, 3.8) is 0 Å². The van der Waals surface area contributed by atoms with Crippen LogP contribution in [0.3, 0.4) is 0 Å². The lowest BCUT2D eigenvalue weighted by Gasteiger charge is -2.05. The number of rotatable bonds is 1. The van der Waals surface area contributed by atoms with Gasteiger partial charge >= 0.3 is 7.12 Å². The van der Waals surface area contributed by atoms with Gasteiger partial charge in [0.05, 0.1) is 0 Å². The lowest BCUT2D eigenvalue weighted by molar-refractivity contribution is 0.426. The van der Waals surface area contributed by atoms with E-state index in [0.29, 0.717) is 5.39 Å². The van der Waals surface area contributed by atoms with Gasteiger partial charge in [0.15, 0.2) is 0 Å². The van der Waals surface area contributed by atoms with Gasteiger partial charge in [0.1, 0.15) is 5.82 Å². The minimum Gasteiger partial charge on any atom is -0.423 e. The van der Waals surface area contributed by atoms with Gasteiger partial charge in [0.2, 0.25) is 0 Å². The fourth-order valence-electron chi connectivity index (χ4n) is 1.54. The smallest absolute Gasteiger partial charge is 0.423 e. The first-order valence-corrected chi connectivity index (χ1v) is 4.23. The van der Waals surface area contributed by atoms with E-state index in [0.717, 1.165) is 0 Å². The first-order valence-electron chi connectivity index (χ1n) is 4.23. The summed E-state index contributed by atoms with van der Waals surface area (Å²) in [6, 6.07) is 9.50. The van der Waals surface area contributed by atoms with Gasteiger partial charge in [0, 0.05) is 5.39 Å². The summed E-state index contributed by atoms with van der Waals surface area (Å²) in [5.74, 6) is -0.439. The van der Waals surface area contributed by atoms with Gasteiger partial charge in [-0.15, -0.1) is 0 Å². The largest absolute Gasteiger partial charge is 0.489 e. The molecule has 0 aliphatic carbocycles. The van der Waals surface area contributed by atoms with Crippen molar-refractivity contribution in [1.82, 2.24) is 0 Å². The maximum atomic E-state index is 13.4. The van der Waals surface area contributed by atoms with Gasteiger partial charge in [-0.05, 0) is 16.9 Å². The van der Waals surface area contributed by atoms with E-state index in [2.05, 4.69) is 0 Å². The molecule has 2 aromatic carbocycles. The molecule has 4 heteroatoms. The summed E-state index contributed by atoms with van der Waals surface area (Å²) in [7, 11) is -1.64. The molecular formula is C10H8BFO2. The van der Waals surface area contributed by atoms with E-state index in [1.165, 1.54) is 12.1 Å². The van der Waals surface area contributed by atoms with E-state index in [9.17, 15) is 4.39 Å². The number of halogens is 1. The molecule has 70 valence electrons. The van der Waals surface area contributed by atoms with Crippen LogP contribution in [0.15, 0.2) is 36.4 Å². The molecule has 0 aromatic heterocycles. The van der Waals surface area contributed by atoms with E-state index in [-0.39, 0.29) is 10.8 Å². The van der Waals surface area contributed by atoms with E-state index in [1.807, 2.05) is 0 Å². The van der Waals surface area contributed by atoms with Crippen LogP contribution in [0.2, 0.25) is 0 Å². The monoisotopic (exact) mass is 190 g/mol. The van der Waals surface area contributed by atoms with Crippen molar-refractivity contribution in [2.45, 2.75) is 0 Å². The first-order chi connectivity index (χ1) is 6.70. The summed E-state index contributed by atoms with van der Waals surface area (Å²) >= 11 is 0. The Hall–Kier alpha value is -1.39. The highest BCUT2D eigenvalue weighted by Gasteiger charge is 2.16. The highest BCUT2D eigenvalue weighted by molar-refractivity contribution is 6.62. The Morgan fingerprint density at radius 3 is 2.29 bits per heavy atom. The quantitative estimate of drug-likeness (QED) is 0.648. The van der Waals surface area contributed by atoms with Crippen molar-refractivity contribution in [3.05, 3.63) is 42.2 Å². The lowest BCUT2D eigenvalue weighted by Crippen LogP contribution is -2.30. The summed E-state index contributed by atoms with van der Waals surface area (Å²) in [5.41, 5.74) is 0.195. The Bertz CT molecular complexity index is 465. The van der Waals surface area contributed by atoms with Crippen LogP contribution >= 0.6 is 0 Å². The molecule has 2 nitrogen and oxygen atoms in total. The van der Waals surface area contributed by atoms with Crippen LogP contribution < -0.4 is 5.46 Å². The SMILES string of the molecule is OB(O)c1cccc2cccc(F)c12. The molecule has 0 aliphatic rings. The average molecular weight is 190 g/mol. The van der Waals surface area contributed by atoms with E-state index >= 15 is 0 Å². The van der Waals surface area contributed by atoms with Crippen LogP contribution in [-0.2, 0) is 0 Å². The standard InChI is InChI=1S/C10H8BFO2/c12-9-6-2-4-7-3-1-5-8(10(7)9)11(13)14/h1-6,13-14H. The molecule has 0 bridgehead atoms. The van der Waals surface area contributed by atoms with Crippen molar-refractivity contribution in [3.8, 4) is 0 Å². The normalized spacial score (nSPS) is 10.5. The molecule has 0 radical (unpaired) electrons. The Morgan fingerprint density at radius 2 is 1.64 bits per heavy atom. The third kappa shape index (κ3) is 1.39. The summed E-state index contributed by atoms with van der Waals surface area (Å²) in [4.78, 5) is 0. The minimum absolute atomic E-state index is 0.195. The van der Waals surface area contributed by atoms with Gasteiger partial charge in [-0.2, -0.15) is 0 Å². The van der Waals surface area contributed by atoms with Crippen LogP contribution in [0, 0.1) is 5.82 Å². The Labute approximate surface area is 80.8 Å². The zero-order valence-electron chi connectivity index (χ0n) is 7.31. The minimum atomic E-state index is -1.64. The summed E-state index contributed by atoms with van der Waals surface area (Å²) in [5, 5.41) is 19.0. The second-order valence-corrected chi connectivity index (χ2v) is 3.06. The average Bonchev–Trinajstić information content (AvgIpc) is 2.17. The molecule has 0 saturated heterocycles. The zero-order chi connectivity index (χ0) is 10.1. The predicted octanol–water partition coefficient (Wildman–Crippen LogP) is 0.659. The molecule has 0 atom stereocenters. The van der Waals surface area contributed by atoms with E-state index in [4.69, 9.17) is 10.0 Å². The van der Waals surface area contributed by atoms with Crippen LogP contribution in [0.25, 0.3) is 10.8 Å². The molecular weight excluding hydrogens is 182 g/mol. The second kappa shape index (κ2) is 3.40. The second-order valence-electron chi connectivity index (χ2n) is 3.06. The molecule has 2 rings (SSSR count). The van der Waals surface area contributed by atoms with Gasteiger partial charge in [-0.1, -0.05) is 30.3 Å². The van der Waals surface area contributed by atoms with Crippen molar-refractivity contribution < 1.29 is 14.4 Å². The topological polar surface area (TPSA) is 40.5 Å². The van der Waals surface area contributed by atoms with E-state index < -0.39 is 12.9 Å². The maximum absolute atomic E-state index is 13.4. The summed E-state index contributed by atoms with van der Waals surface area (Å²) in [6.45, 7) is 0. The molecule has 0 aliphatic heterocycles. The molecule has 0 amide bonds. The van der Waals surface area contributed by atoms with Gasteiger partial charge in [-0.3, -0.25) is 0 Å².